The maximum Gasteiger partial charge on any atom is 0.257 e. The first-order chi connectivity index (χ1) is 9.24. The molecule has 1 aliphatic rings. The third kappa shape index (κ3) is 3.05. The second-order valence-electron chi connectivity index (χ2n) is 4.61. The van der Waals surface area contributed by atoms with E-state index in [0.29, 0.717) is 17.8 Å². The van der Waals surface area contributed by atoms with Crippen LogP contribution in [-0.4, -0.2) is 41.3 Å². The van der Waals surface area contributed by atoms with Gasteiger partial charge in [0, 0.05) is 19.1 Å². The van der Waals surface area contributed by atoms with Gasteiger partial charge in [-0.1, -0.05) is 0 Å². The van der Waals surface area contributed by atoms with Crippen molar-refractivity contribution in [1.82, 2.24) is 20.4 Å². The van der Waals surface area contributed by atoms with Gasteiger partial charge >= 0.3 is 0 Å². The van der Waals surface area contributed by atoms with Crippen LogP contribution < -0.4 is 5.32 Å². The number of thiophene rings is 1. The molecule has 0 aromatic carbocycles. The highest BCUT2D eigenvalue weighted by Crippen LogP contribution is 2.30. The minimum absolute atomic E-state index is 0.579. The van der Waals surface area contributed by atoms with Crippen molar-refractivity contribution < 1.29 is 4.42 Å². The zero-order valence-electron chi connectivity index (χ0n) is 10.6. The van der Waals surface area contributed by atoms with Crippen LogP contribution in [0.15, 0.2) is 20.3 Å². The Morgan fingerprint density at radius 3 is 3.11 bits per heavy atom. The molecule has 1 unspecified atom stereocenters. The molecule has 0 radical (unpaired) electrons. The summed E-state index contributed by atoms with van der Waals surface area (Å²) in [4.78, 5) is 3.34. The molecule has 7 heteroatoms. The van der Waals surface area contributed by atoms with Gasteiger partial charge in [-0.2, -0.15) is 0 Å². The Morgan fingerprint density at radius 2 is 2.42 bits per heavy atom. The van der Waals surface area contributed by atoms with Gasteiger partial charge in [0.15, 0.2) is 0 Å². The van der Waals surface area contributed by atoms with E-state index in [2.05, 4.69) is 36.3 Å². The van der Waals surface area contributed by atoms with E-state index in [-0.39, 0.29) is 0 Å². The van der Waals surface area contributed by atoms with E-state index < -0.39 is 0 Å². The second-order valence-corrected chi connectivity index (χ2v) is 7.08. The highest BCUT2D eigenvalue weighted by atomic mass is 79.9. The lowest BCUT2D eigenvalue weighted by molar-refractivity contribution is 0.286. The van der Waals surface area contributed by atoms with Crippen LogP contribution in [0.25, 0.3) is 10.8 Å². The molecule has 2 aromatic heterocycles. The van der Waals surface area contributed by atoms with E-state index in [1.54, 1.807) is 11.3 Å². The number of nitrogens with zero attached hydrogens (tertiary/aromatic N) is 3. The lowest BCUT2D eigenvalue weighted by Gasteiger charge is -2.12. The Hall–Kier alpha value is -0.760. The molecule has 5 nitrogen and oxygen atoms in total. The largest absolute Gasteiger partial charge is 0.419 e. The molecule has 0 bridgehead atoms. The molecule has 1 aliphatic heterocycles. The van der Waals surface area contributed by atoms with Crippen molar-refractivity contribution in [3.63, 3.8) is 0 Å². The quantitative estimate of drug-likeness (QED) is 0.924. The van der Waals surface area contributed by atoms with E-state index in [1.807, 2.05) is 19.2 Å². The number of nitrogens with one attached hydrogen (secondary N) is 1. The number of likely N-dealkylation sites (tertiary alicyclic amines) is 1. The van der Waals surface area contributed by atoms with Crippen LogP contribution in [0.3, 0.4) is 0 Å². The first-order valence-electron chi connectivity index (χ1n) is 6.22. The van der Waals surface area contributed by atoms with Crippen molar-refractivity contribution in [1.29, 1.82) is 0 Å². The lowest BCUT2D eigenvalue weighted by Crippen LogP contribution is -2.29. The summed E-state index contributed by atoms with van der Waals surface area (Å²) in [5.41, 5.74) is 0. The SMILES string of the molecule is CNC1CCN(Cc2nnc(-c3ccc(Br)s3)o2)C1. The van der Waals surface area contributed by atoms with Crippen molar-refractivity contribution in [2.75, 3.05) is 20.1 Å². The molecule has 1 fully saturated rings. The number of rotatable bonds is 4. The monoisotopic (exact) mass is 342 g/mol. The molecule has 0 aliphatic carbocycles. The van der Waals surface area contributed by atoms with Gasteiger partial charge in [0.2, 0.25) is 5.89 Å². The third-order valence-corrected chi connectivity index (χ3v) is 4.90. The Bertz CT molecular complexity index is 555. The predicted octanol–water partition coefficient (Wildman–Crippen LogP) is 2.35. The van der Waals surface area contributed by atoms with Crippen LogP contribution in [0.2, 0.25) is 0 Å². The lowest BCUT2D eigenvalue weighted by atomic mass is 10.3. The smallest absolute Gasteiger partial charge is 0.257 e. The van der Waals surface area contributed by atoms with Crippen molar-refractivity contribution in [3.05, 3.63) is 21.8 Å². The van der Waals surface area contributed by atoms with Gasteiger partial charge in [-0.05, 0) is 41.5 Å². The summed E-state index contributed by atoms with van der Waals surface area (Å²) in [6.45, 7) is 2.85. The zero-order valence-corrected chi connectivity index (χ0v) is 13.0. The molecular formula is C12H15BrN4OS. The highest BCUT2D eigenvalue weighted by molar-refractivity contribution is 9.11. The van der Waals surface area contributed by atoms with Crippen molar-refractivity contribution >= 4 is 27.3 Å². The third-order valence-electron chi connectivity index (χ3n) is 3.29. The Morgan fingerprint density at radius 1 is 1.53 bits per heavy atom. The zero-order chi connectivity index (χ0) is 13.2. The molecule has 19 heavy (non-hydrogen) atoms. The number of aromatic nitrogens is 2. The summed E-state index contributed by atoms with van der Waals surface area (Å²) < 4.78 is 6.79. The van der Waals surface area contributed by atoms with Crippen molar-refractivity contribution in [2.45, 2.75) is 19.0 Å². The van der Waals surface area contributed by atoms with E-state index in [0.717, 1.165) is 28.3 Å². The maximum absolute atomic E-state index is 5.72. The fourth-order valence-corrected chi connectivity index (χ4v) is 3.56. The molecule has 0 amide bonds. The molecule has 0 saturated carbocycles. The molecule has 1 N–H and O–H groups in total. The highest BCUT2D eigenvalue weighted by Gasteiger charge is 2.22. The average molecular weight is 343 g/mol. The van der Waals surface area contributed by atoms with Gasteiger partial charge in [0.1, 0.15) is 0 Å². The molecule has 2 aromatic rings. The minimum atomic E-state index is 0.579. The first-order valence-corrected chi connectivity index (χ1v) is 7.83. The molecule has 3 heterocycles. The van der Waals surface area contributed by atoms with Crippen LogP contribution in [0.5, 0.6) is 0 Å². The van der Waals surface area contributed by atoms with Crippen LogP contribution in [0, 0.1) is 0 Å². The number of hydrogen-bond donors (Lipinski definition) is 1. The van der Waals surface area contributed by atoms with Crippen LogP contribution in [0.4, 0.5) is 0 Å². The van der Waals surface area contributed by atoms with Crippen LogP contribution >= 0.6 is 27.3 Å². The summed E-state index contributed by atoms with van der Waals surface area (Å²) in [5.74, 6) is 1.30. The summed E-state index contributed by atoms with van der Waals surface area (Å²) in [5, 5.41) is 11.5. The molecule has 3 rings (SSSR count). The van der Waals surface area contributed by atoms with E-state index in [4.69, 9.17) is 4.42 Å². The Kier molecular flexibility index (Phi) is 3.97. The molecular weight excluding hydrogens is 328 g/mol. The number of hydrogen-bond acceptors (Lipinski definition) is 6. The average Bonchev–Trinajstić information content (AvgIpc) is 3.10. The summed E-state index contributed by atoms with van der Waals surface area (Å²) >= 11 is 5.03. The van der Waals surface area contributed by atoms with E-state index in [9.17, 15) is 0 Å². The van der Waals surface area contributed by atoms with Crippen LogP contribution in [0.1, 0.15) is 12.3 Å². The van der Waals surface area contributed by atoms with Crippen LogP contribution in [-0.2, 0) is 6.54 Å². The van der Waals surface area contributed by atoms with Gasteiger partial charge in [-0.25, -0.2) is 0 Å². The predicted molar refractivity (Wildman–Crippen MR) is 78.1 cm³/mol. The molecule has 1 saturated heterocycles. The number of likely N-dealkylation sites (N-methyl/N-ethyl adjacent to an activating group) is 1. The van der Waals surface area contributed by atoms with E-state index >= 15 is 0 Å². The summed E-state index contributed by atoms with van der Waals surface area (Å²) in [7, 11) is 2.01. The normalized spacial score (nSPS) is 20.2. The van der Waals surface area contributed by atoms with Gasteiger partial charge < -0.3 is 9.73 Å². The van der Waals surface area contributed by atoms with Gasteiger partial charge in [0.05, 0.1) is 15.2 Å². The van der Waals surface area contributed by atoms with Gasteiger partial charge in [-0.15, -0.1) is 21.5 Å². The fraction of sp³-hybridized carbons (Fsp3) is 0.500. The van der Waals surface area contributed by atoms with E-state index in [1.165, 1.54) is 6.42 Å². The second kappa shape index (κ2) is 5.70. The van der Waals surface area contributed by atoms with Crippen molar-refractivity contribution in [3.8, 4) is 10.8 Å². The minimum Gasteiger partial charge on any atom is -0.419 e. The Labute approximate surface area is 124 Å². The van der Waals surface area contributed by atoms with Gasteiger partial charge in [-0.3, -0.25) is 4.90 Å². The molecule has 0 spiro atoms. The van der Waals surface area contributed by atoms with Crippen molar-refractivity contribution in [2.24, 2.45) is 0 Å². The standard InChI is InChI=1S/C12H15BrN4OS/c1-14-8-4-5-17(6-8)7-11-15-16-12(18-11)9-2-3-10(13)19-9/h2-3,8,14H,4-7H2,1H3. The topological polar surface area (TPSA) is 54.2 Å². The first kappa shape index (κ1) is 13.2. The molecule has 1 atom stereocenters. The summed E-state index contributed by atoms with van der Waals surface area (Å²) in [6, 6.07) is 4.55. The molecule has 102 valence electrons. The maximum atomic E-state index is 5.72. The number of halogens is 1. The summed E-state index contributed by atoms with van der Waals surface area (Å²) in [6.07, 6.45) is 1.18. The Balaban J connectivity index is 1.65. The fourth-order valence-electron chi connectivity index (χ4n) is 2.25. The van der Waals surface area contributed by atoms with Gasteiger partial charge in [0.25, 0.3) is 5.89 Å².